The van der Waals surface area contributed by atoms with E-state index in [2.05, 4.69) is 4.98 Å². The van der Waals surface area contributed by atoms with Gasteiger partial charge < -0.3 is 14.1 Å². The second-order valence-corrected chi connectivity index (χ2v) is 2.80. The largest absolute Gasteiger partial charge is 0.491 e. The van der Waals surface area contributed by atoms with Crippen LogP contribution in [0.4, 0.5) is 0 Å². The molecule has 0 unspecified atom stereocenters. The van der Waals surface area contributed by atoms with Crippen molar-refractivity contribution in [3.63, 3.8) is 0 Å². The second-order valence-electron chi connectivity index (χ2n) is 2.80. The number of hydrogen-bond donors (Lipinski definition) is 1. The molecule has 2 heterocycles. The lowest BCUT2D eigenvalue weighted by Crippen LogP contribution is -2.07. The molecule has 0 aliphatic heterocycles. The Balaban J connectivity index is 2.51. The van der Waals surface area contributed by atoms with E-state index in [1.54, 1.807) is 24.8 Å². The molecule has 14 heavy (non-hydrogen) atoms. The number of hydrogen-bond acceptors (Lipinski definition) is 3. The normalized spacial score (nSPS) is 10.1. The molecule has 0 spiro atoms. The van der Waals surface area contributed by atoms with Crippen molar-refractivity contribution in [3.8, 4) is 16.9 Å². The highest BCUT2D eigenvalue weighted by atomic mass is 16.5. The molecule has 0 aliphatic rings. The molecule has 0 aromatic carbocycles. The highest BCUT2D eigenvalue weighted by Gasteiger charge is 2.03. The third-order valence-corrected chi connectivity index (χ3v) is 1.94. The predicted octanol–water partition coefficient (Wildman–Crippen LogP) is 1.64. The Bertz CT molecular complexity index is 470. The van der Waals surface area contributed by atoms with Crippen molar-refractivity contribution < 1.29 is 9.15 Å². The number of aromatic amines is 1. The topological polar surface area (TPSA) is 55.2 Å². The standard InChI is InChI=1S/C10H9NO3/c1-13-9-4-8(5-11-10(9)12)7-2-3-14-6-7/h2-6H,1H3,(H,11,12). The molecule has 1 N–H and O–H groups in total. The molecule has 0 atom stereocenters. The van der Waals surface area contributed by atoms with E-state index < -0.39 is 0 Å². The van der Waals surface area contributed by atoms with E-state index >= 15 is 0 Å². The zero-order valence-electron chi connectivity index (χ0n) is 7.61. The van der Waals surface area contributed by atoms with E-state index in [0.717, 1.165) is 11.1 Å². The Morgan fingerprint density at radius 2 is 2.29 bits per heavy atom. The first-order valence-corrected chi connectivity index (χ1v) is 4.10. The first-order chi connectivity index (χ1) is 6.81. The lowest BCUT2D eigenvalue weighted by atomic mass is 10.1. The van der Waals surface area contributed by atoms with E-state index in [0.29, 0.717) is 5.75 Å². The lowest BCUT2D eigenvalue weighted by Gasteiger charge is -2.00. The third-order valence-electron chi connectivity index (χ3n) is 1.94. The summed E-state index contributed by atoms with van der Waals surface area (Å²) in [5, 5.41) is 0. The number of rotatable bonds is 2. The van der Waals surface area contributed by atoms with E-state index in [1.165, 1.54) is 7.11 Å². The number of ether oxygens (including phenoxy) is 1. The number of aromatic nitrogens is 1. The summed E-state index contributed by atoms with van der Waals surface area (Å²) in [4.78, 5) is 13.8. The Kier molecular flexibility index (Phi) is 2.10. The van der Waals surface area contributed by atoms with E-state index in [9.17, 15) is 4.79 Å². The van der Waals surface area contributed by atoms with Crippen molar-refractivity contribution in [2.45, 2.75) is 0 Å². The van der Waals surface area contributed by atoms with Crippen LogP contribution >= 0.6 is 0 Å². The summed E-state index contributed by atoms with van der Waals surface area (Å²) in [6.07, 6.45) is 4.80. The summed E-state index contributed by atoms with van der Waals surface area (Å²) in [7, 11) is 1.46. The monoisotopic (exact) mass is 191 g/mol. The van der Waals surface area contributed by atoms with Gasteiger partial charge in [-0.3, -0.25) is 4.79 Å². The maximum absolute atomic E-state index is 11.2. The predicted molar refractivity (Wildman–Crippen MR) is 51.3 cm³/mol. The molecule has 4 nitrogen and oxygen atoms in total. The van der Waals surface area contributed by atoms with E-state index in [-0.39, 0.29) is 5.56 Å². The van der Waals surface area contributed by atoms with Crippen molar-refractivity contribution in [2.75, 3.05) is 7.11 Å². The summed E-state index contributed by atoms with van der Waals surface area (Å²) >= 11 is 0. The van der Waals surface area contributed by atoms with Crippen LogP contribution in [0.25, 0.3) is 11.1 Å². The smallest absolute Gasteiger partial charge is 0.290 e. The minimum absolute atomic E-state index is 0.236. The zero-order chi connectivity index (χ0) is 9.97. The molecule has 72 valence electrons. The number of furan rings is 1. The molecule has 0 saturated carbocycles. The average Bonchev–Trinajstić information content (AvgIpc) is 2.71. The molecule has 2 aromatic heterocycles. The summed E-state index contributed by atoms with van der Waals surface area (Å²) in [6, 6.07) is 3.48. The Morgan fingerprint density at radius 1 is 1.43 bits per heavy atom. The molecular weight excluding hydrogens is 182 g/mol. The van der Waals surface area contributed by atoms with Gasteiger partial charge in [0.05, 0.1) is 19.6 Å². The van der Waals surface area contributed by atoms with Gasteiger partial charge in [-0.1, -0.05) is 0 Å². The van der Waals surface area contributed by atoms with Crippen LogP contribution in [0.3, 0.4) is 0 Å². The zero-order valence-corrected chi connectivity index (χ0v) is 7.61. The maximum Gasteiger partial charge on any atom is 0.290 e. The van der Waals surface area contributed by atoms with Crippen molar-refractivity contribution in [3.05, 3.63) is 41.2 Å². The average molecular weight is 191 g/mol. The van der Waals surface area contributed by atoms with Gasteiger partial charge in [-0.25, -0.2) is 0 Å². The lowest BCUT2D eigenvalue weighted by molar-refractivity contribution is 0.408. The van der Waals surface area contributed by atoms with Crippen LogP contribution in [0.2, 0.25) is 0 Å². The quantitative estimate of drug-likeness (QED) is 0.785. The van der Waals surface area contributed by atoms with E-state index in [4.69, 9.17) is 9.15 Å². The SMILES string of the molecule is COc1cc(-c2ccoc2)c[nH]c1=O. The van der Waals surface area contributed by atoms with Crippen LogP contribution in [0.5, 0.6) is 5.75 Å². The van der Waals surface area contributed by atoms with Gasteiger partial charge in [0.1, 0.15) is 0 Å². The molecule has 0 fully saturated rings. The van der Waals surface area contributed by atoms with Gasteiger partial charge in [-0.15, -0.1) is 0 Å². The minimum atomic E-state index is -0.236. The van der Waals surface area contributed by atoms with Gasteiger partial charge in [-0.05, 0) is 12.1 Å². The summed E-state index contributed by atoms with van der Waals surface area (Å²) in [6.45, 7) is 0. The molecule has 0 amide bonds. The minimum Gasteiger partial charge on any atom is -0.491 e. The van der Waals surface area contributed by atoms with Gasteiger partial charge in [0.15, 0.2) is 5.75 Å². The fraction of sp³-hybridized carbons (Fsp3) is 0.100. The fourth-order valence-electron chi connectivity index (χ4n) is 1.21. The summed E-state index contributed by atoms with van der Waals surface area (Å²) in [5.74, 6) is 0.295. The number of H-pyrrole nitrogens is 1. The Hall–Kier alpha value is -1.97. The number of nitrogens with one attached hydrogen (secondary N) is 1. The molecule has 0 saturated heterocycles. The molecule has 0 radical (unpaired) electrons. The van der Waals surface area contributed by atoms with Crippen molar-refractivity contribution in [1.82, 2.24) is 4.98 Å². The molecule has 4 heteroatoms. The van der Waals surface area contributed by atoms with Crippen LogP contribution in [0.15, 0.2) is 40.1 Å². The van der Waals surface area contributed by atoms with Gasteiger partial charge in [0, 0.05) is 17.3 Å². The molecule has 2 rings (SSSR count). The van der Waals surface area contributed by atoms with Crippen LogP contribution in [0.1, 0.15) is 0 Å². The first kappa shape index (κ1) is 8.62. The summed E-state index contributed by atoms with van der Waals surface area (Å²) in [5.41, 5.74) is 1.52. The van der Waals surface area contributed by atoms with Crippen LogP contribution in [-0.2, 0) is 0 Å². The van der Waals surface area contributed by atoms with Crippen molar-refractivity contribution >= 4 is 0 Å². The van der Waals surface area contributed by atoms with Crippen molar-refractivity contribution in [2.24, 2.45) is 0 Å². The van der Waals surface area contributed by atoms with Gasteiger partial charge in [0.25, 0.3) is 5.56 Å². The highest BCUT2D eigenvalue weighted by molar-refractivity contribution is 5.62. The van der Waals surface area contributed by atoms with Crippen LogP contribution < -0.4 is 10.3 Å². The first-order valence-electron chi connectivity index (χ1n) is 4.10. The second kappa shape index (κ2) is 3.41. The third kappa shape index (κ3) is 1.42. The van der Waals surface area contributed by atoms with Gasteiger partial charge in [0.2, 0.25) is 0 Å². The maximum atomic E-state index is 11.2. The van der Waals surface area contributed by atoms with Gasteiger partial charge in [-0.2, -0.15) is 0 Å². The molecule has 0 bridgehead atoms. The molecule has 0 aliphatic carbocycles. The Morgan fingerprint density at radius 3 is 2.93 bits per heavy atom. The van der Waals surface area contributed by atoms with Crippen LogP contribution in [-0.4, -0.2) is 12.1 Å². The Labute approximate surface area is 80.1 Å². The van der Waals surface area contributed by atoms with E-state index in [1.807, 2.05) is 6.07 Å². The van der Waals surface area contributed by atoms with Gasteiger partial charge >= 0.3 is 0 Å². The molecular formula is C10H9NO3. The highest BCUT2D eigenvalue weighted by Crippen LogP contribution is 2.20. The number of methoxy groups -OCH3 is 1. The molecule has 2 aromatic rings. The van der Waals surface area contributed by atoms with Crippen LogP contribution in [0, 0.1) is 0 Å². The number of pyridine rings is 1. The summed E-state index contributed by atoms with van der Waals surface area (Å²) < 4.78 is 9.85. The fourth-order valence-corrected chi connectivity index (χ4v) is 1.21. The van der Waals surface area contributed by atoms with Crippen molar-refractivity contribution in [1.29, 1.82) is 0 Å².